The summed E-state index contributed by atoms with van der Waals surface area (Å²) in [5.41, 5.74) is 1.79. The predicted molar refractivity (Wildman–Crippen MR) is 129 cm³/mol. The number of hydrogen-bond acceptors (Lipinski definition) is 4. The highest BCUT2D eigenvalue weighted by Crippen LogP contribution is 2.59. The standard InChI is InChI=1S/C26H36FN3O3S/c1-26(2)21-6-5-20(24(26)17-21)18-29(25(31)19-3-4-19)14-11-28-12-15-30(16-13-28)34(32,33)23-9-7-22(27)8-10-23/h5,7-10,19,21,24H,3-4,6,11-18H2,1-2H3. The van der Waals surface area contributed by atoms with E-state index >= 15 is 0 Å². The van der Waals surface area contributed by atoms with E-state index in [1.165, 1.54) is 40.6 Å². The Kier molecular flexibility index (Phi) is 6.36. The lowest BCUT2D eigenvalue weighted by Gasteiger charge is -2.57. The lowest BCUT2D eigenvalue weighted by molar-refractivity contribution is -0.132. The van der Waals surface area contributed by atoms with Gasteiger partial charge in [0, 0.05) is 51.7 Å². The van der Waals surface area contributed by atoms with Crippen molar-refractivity contribution in [2.75, 3.05) is 45.8 Å². The Bertz CT molecular complexity index is 1060. The third-order valence-electron chi connectivity index (χ3n) is 8.66. The van der Waals surface area contributed by atoms with E-state index < -0.39 is 15.8 Å². The molecule has 1 amide bonds. The van der Waals surface area contributed by atoms with Crippen LogP contribution in [0.1, 0.15) is 39.5 Å². The minimum Gasteiger partial charge on any atom is -0.337 e. The molecule has 1 heterocycles. The number of allylic oxidation sites excluding steroid dienone is 1. The van der Waals surface area contributed by atoms with Gasteiger partial charge in [0.1, 0.15) is 5.82 Å². The molecule has 2 bridgehead atoms. The van der Waals surface area contributed by atoms with Gasteiger partial charge in [0.2, 0.25) is 15.9 Å². The Hall–Kier alpha value is -1.77. The Morgan fingerprint density at radius 2 is 1.79 bits per heavy atom. The molecule has 1 aromatic rings. The first-order valence-electron chi connectivity index (χ1n) is 12.6. The summed E-state index contributed by atoms with van der Waals surface area (Å²) in [4.78, 5) is 17.5. The number of hydrogen-bond donors (Lipinski definition) is 0. The Morgan fingerprint density at radius 1 is 1.12 bits per heavy atom. The summed E-state index contributed by atoms with van der Waals surface area (Å²) < 4.78 is 40.4. The normalized spacial score (nSPS) is 27.1. The predicted octanol–water partition coefficient (Wildman–Crippen LogP) is 3.36. The second-order valence-corrected chi connectivity index (χ2v) is 13.0. The van der Waals surface area contributed by atoms with E-state index in [1.807, 2.05) is 0 Å². The SMILES string of the molecule is CC1(C)C2CC=C(CN(CCN3CCN(S(=O)(=O)c4ccc(F)cc4)CC3)C(=O)C3CC3)C1C2. The molecular formula is C26H36FN3O3S. The number of carbonyl (C=O) groups is 1. The molecule has 0 spiro atoms. The van der Waals surface area contributed by atoms with Gasteiger partial charge >= 0.3 is 0 Å². The molecule has 3 fully saturated rings. The smallest absolute Gasteiger partial charge is 0.243 e. The summed E-state index contributed by atoms with van der Waals surface area (Å²) in [6, 6.07) is 5.01. The summed E-state index contributed by atoms with van der Waals surface area (Å²) in [6.07, 6.45) is 6.79. The number of sulfonamides is 1. The average molecular weight is 490 g/mol. The summed E-state index contributed by atoms with van der Waals surface area (Å²) >= 11 is 0. The van der Waals surface area contributed by atoms with Gasteiger partial charge in [0.15, 0.2) is 0 Å². The molecule has 6 nitrogen and oxygen atoms in total. The van der Waals surface area contributed by atoms with Crippen LogP contribution >= 0.6 is 0 Å². The molecule has 2 atom stereocenters. The van der Waals surface area contributed by atoms with Crippen molar-refractivity contribution in [1.29, 1.82) is 0 Å². The van der Waals surface area contributed by atoms with E-state index in [4.69, 9.17) is 0 Å². The van der Waals surface area contributed by atoms with E-state index in [0.717, 1.165) is 38.3 Å². The van der Waals surface area contributed by atoms with Gasteiger partial charge in [-0.15, -0.1) is 0 Å². The van der Waals surface area contributed by atoms with Gasteiger partial charge in [0.25, 0.3) is 0 Å². The van der Waals surface area contributed by atoms with Gasteiger partial charge in [-0.1, -0.05) is 25.5 Å². The van der Waals surface area contributed by atoms with Gasteiger partial charge in [-0.05, 0) is 67.2 Å². The van der Waals surface area contributed by atoms with Crippen LogP contribution in [0, 0.1) is 29.0 Å². The minimum atomic E-state index is -3.61. The Morgan fingerprint density at radius 3 is 2.38 bits per heavy atom. The fourth-order valence-electron chi connectivity index (χ4n) is 5.94. The van der Waals surface area contributed by atoms with Gasteiger partial charge in [-0.25, -0.2) is 12.8 Å². The molecule has 0 aromatic heterocycles. The maximum atomic E-state index is 13.2. The van der Waals surface area contributed by atoms with Crippen molar-refractivity contribution in [3.05, 3.63) is 41.7 Å². The van der Waals surface area contributed by atoms with Crippen LogP contribution in [0.3, 0.4) is 0 Å². The molecule has 5 aliphatic rings. The molecule has 8 heteroatoms. The molecular weight excluding hydrogens is 453 g/mol. The zero-order valence-electron chi connectivity index (χ0n) is 20.2. The van der Waals surface area contributed by atoms with Crippen LogP contribution in [-0.2, 0) is 14.8 Å². The second-order valence-electron chi connectivity index (χ2n) is 11.1. The largest absolute Gasteiger partial charge is 0.337 e. The lowest BCUT2D eigenvalue weighted by atomic mass is 9.49. The van der Waals surface area contributed by atoms with Crippen LogP contribution in [0.15, 0.2) is 40.8 Å². The first kappa shape index (κ1) is 23.9. The quantitative estimate of drug-likeness (QED) is 0.526. The van der Waals surface area contributed by atoms with Crippen LogP contribution in [0.25, 0.3) is 0 Å². The molecule has 4 aliphatic carbocycles. The second kappa shape index (κ2) is 9.03. The van der Waals surface area contributed by atoms with E-state index in [-0.39, 0.29) is 16.7 Å². The highest BCUT2D eigenvalue weighted by Gasteiger charge is 2.51. The van der Waals surface area contributed by atoms with Gasteiger partial charge < -0.3 is 4.90 Å². The average Bonchev–Trinajstić information content (AvgIpc) is 3.67. The fourth-order valence-corrected chi connectivity index (χ4v) is 7.37. The summed E-state index contributed by atoms with van der Waals surface area (Å²) in [5.74, 6) is 1.43. The number of fused-ring (bicyclic) bond motifs is 1. The summed E-state index contributed by atoms with van der Waals surface area (Å²) in [6.45, 7) is 8.99. The molecule has 186 valence electrons. The molecule has 1 aromatic carbocycles. The molecule has 34 heavy (non-hydrogen) atoms. The molecule has 0 N–H and O–H groups in total. The van der Waals surface area contributed by atoms with Crippen LogP contribution in [0.4, 0.5) is 4.39 Å². The number of benzene rings is 1. The van der Waals surface area contributed by atoms with Crippen LogP contribution in [0.5, 0.6) is 0 Å². The maximum Gasteiger partial charge on any atom is 0.243 e. The Labute approximate surface area is 202 Å². The van der Waals surface area contributed by atoms with E-state index in [0.29, 0.717) is 44.1 Å². The molecule has 0 radical (unpaired) electrons. The van der Waals surface area contributed by atoms with Crippen molar-refractivity contribution in [1.82, 2.24) is 14.1 Å². The van der Waals surface area contributed by atoms with Crippen molar-refractivity contribution >= 4 is 15.9 Å². The molecule has 1 saturated heterocycles. The van der Waals surface area contributed by atoms with Crippen LogP contribution in [0.2, 0.25) is 0 Å². The topological polar surface area (TPSA) is 60.9 Å². The molecule has 6 rings (SSSR count). The first-order valence-corrected chi connectivity index (χ1v) is 14.1. The number of halogens is 1. The van der Waals surface area contributed by atoms with Crippen LogP contribution < -0.4 is 0 Å². The summed E-state index contributed by atoms with van der Waals surface area (Å²) in [5, 5.41) is 0. The lowest BCUT2D eigenvalue weighted by Crippen LogP contribution is -2.52. The van der Waals surface area contributed by atoms with Crippen LogP contribution in [-0.4, -0.2) is 74.2 Å². The maximum absolute atomic E-state index is 13.2. The summed E-state index contributed by atoms with van der Waals surface area (Å²) in [7, 11) is -3.61. The fraction of sp³-hybridized carbons (Fsp3) is 0.654. The first-order chi connectivity index (χ1) is 16.2. The molecule has 2 saturated carbocycles. The van der Waals surface area contributed by atoms with E-state index in [2.05, 4.69) is 29.7 Å². The van der Waals surface area contributed by atoms with Crippen molar-refractivity contribution in [3.8, 4) is 0 Å². The van der Waals surface area contributed by atoms with Crippen molar-refractivity contribution in [2.24, 2.45) is 23.2 Å². The zero-order valence-corrected chi connectivity index (χ0v) is 21.1. The van der Waals surface area contributed by atoms with Gasteiger partial charge in [-0.3, -0.25) is 9.69 Å². The Balaban J connectivity index is 1.17. The minimum absolute atomic E-state index is 0.130. The highest BCUT2D eigenvalue weighted by atomic mass is 32.2. The van der Waals surface area contributed by atoms with Crippen molar-refractivity contribution in [2.45, 2.75) is 44.4 Å². The molecule has 2 unspecified atom stereocenters. The number of nitrogens with zero attached hydrogens (tertiary/aromatic N) is 3. The van der Waals surface area contributed by atoms with Crippen molar-refractivity contribution < 1.29 is 17.6 Å². The van der Waals surface area contributed by atoms with Gasteiger partial charge in [0.05, 0.1) is 4.90 Å². The van der Waals surface area contributed by atoms with Gasteiger partial charge in [-0.2, -0.15) is 4.31 Å². The number of amides is 1. The highest BCUT2D eigenvalue weighted by molar-refractivity contribution is 7.89. The zero-order chi connectivity index (χ0) is 24.1. The third-order valence-corrected chi connectivity index (χ3v) is 10.6. The number of rotatable bonds is 8. The molecule has 1 aliphatic heterocycles. The van der Waals surface area contributed by atoms with E-state index in [9.17, 15) is 17.6 Å². The van der Waals surface area contributed by atoms with Crippen molar-refractivity contribution in [3.63, 3.8) is 0 Å². The number of carbonyl (C=O) groups excluding carboxylic acids is 1. The van der Waals surface area contributed by atoms with E-state index in [1.54, 1.807) is 0 Å². The monoisotopic (exact) mass is 489 g/mol. The number of piperazine rings is 1. The third kappa shape index (κ3) is 4.56.